The second kappa shape index (κ2) is 8.63. The Labute approximate surface area is 190 Å². The standard InChI is InChI=1S/C22H17ClF3NO4S/c1-30-21(29)18-12-4-2-3-5-17(12)32-20(18)27-19(28)16-9-8-15(31-16)11-6-7-14(23)13(10-11)22(24,25)26/h6-10H,2-5H2,1H3,(H,27,28). The Hall–Kier alpha value is -2.78. The zero-order chi connectivity index (χ0) is 23.0. The molecule has 1 aliphatic carbocycles. The van der Waals surface area contributed by atoms with E-state index in [0.717, 1.165) is 48.3 Å². The highest BCUT2D eigenvalue weighted by atomic mass is 35.5. The number of amides is 1. The number of aryl methyl sites for hydroxylation is 1. The van der Waals surface area contributed by atoms with E-state index in [4.69, 9.17) is 20.8 Å². The molecule has 0 bridgehead atoms. The predicted molar refractivity (Wildman–Crippen MR) is 114 cm³/mol. The summed E-state index contributed by atoms with van der Waals surface area (Å²) in [4.78, 5) is 26.1. The van der Waals surface area contributed by atoms with Gasteiger partial charge in [-0.3, -0.25) is 4.79 Å². The number of fused-ring (bicyclic) bond motifs is 1. The zero-order valence-electron chi connectivity index (χ0n) is 16.8. The van der Waals surface area contributed by atoms with Gasteiger partial charge in [-0.1, -0.05) is 11.6 Å². The number of methoxy groups -OCH3 is 1. The molecule has 2 heterocycles. The predicted octanol–water partition coefficient (Wildman–Crippen LogP) is 6.60. The summed E-state index contributed by atoms with van der Waals surface area (Å²) in [6.45, 7) is 0. The van der Waals surface area contributed by atoms with Crippen LogP contribution in [-0.2, 0) is 23.8 Å². The number of hydrogen-bond donors (Lipinski definition) is 1. The van der Waals surface area contributed by atoms with Crippen molar-refractivity contribution >= 4 is 39.8 Å². The molecule has 10 heteroatoms. The summed E-state index contributed by atoms with van der Waals surface area (Å²) in [6.07, 6.45) is -1.12. The van der Waals surface area contributed by atoms with Gasteiger partial charge in [0.05, 0.1) is 23.3 Å². The van der Waals surface area contributed by atoms with Gasteiger partial charge in [0.15, 0.2) is 5.76 Å². The average Bonchev–Trinajstić information content (AvgIpc) is 3.37. The number of furan rings is 1. The van der Waals surface area contributed by atoms with Crippen LogP contribution >= 0.6 is 22.9 Å². The molecule has 0 fully saturated rings. The fourth-order valence-corrected chi connectivity index (χ4v) is 5.14. The van der Waals surface area contributed by atoms with Crippen molar-refractivity contribution in [3.8, 4) is 11.3 Å². The highest BCUT2D eigenvalue weighted by molar-refractivity contribution is 7.17. The van der Waals surface area contributed by atoms with Crippen LogP contribution < -0.4 is 5.32 Å². The minimum Gasteiger partial charge on any atom is -0.465 e. The molecule has 0 spiro atoms. The number of carbonyl (C=O) groups excluding carboxylic acids is 2. The number of esters is 1. The van der Waals surface area contributed by atoms with Crippen LogP contribution in [-0.4, -0.2) is 19.0 Å². The number of hydrogen-bond acceptors (Lipinski definition) is 5. The third kappa shape index (κ3) is 4.27. The summed E-state index contributed by atoms with van der Waals surface area (Å²) in [7, 11) is 1.28. The van der Waals surface area contributed by atoms with Gasteiger partial charge >= 0.3 is 12.1 Å². The largest absolute Gasteiger partial charge is 0.465 e. The molecule has 32 heavy (non-hydrogen) atoms. The third-order valence-corrected chi connectivity index (χ3v) is 6.71. The molecule has 1 aliphatic rings. The molecular formula is C22H17ClF3NO4S. The molecule has 0 atom stereocenters. The Kier molecular flexibility index (Phi) is 6.05. The number of rotatable bonds is 4. The molecule has 0 radical (unpaired) electrons. The minimum absolute atomic E-state index is 0.0796. The van der Waals surface area contributed by atoms with Crippen LogP contribution in [0.1, 0.15) is 49.8 Å². The smallest absolute Gasteiger partial charge is 0.417 e. The first-order valence-electron chi connectivity index (χ1n) is 9.70. The van der Waals surface area contributed by atoms with E-state index >= 15 is 0 Å². The summed E-state index contributed by atoms with van der Waals surface area (Å²) >= 11 is 6.98. The molecule has 1 aromatic carbocycles. The van der Waals surface area contributed by atoms with E-state index in [-0.39, 0.29) is 17.1 Å². The van der Waals surface area contributed by atoms with Gasteiger partial charge in [0.2, 0.25) is 0 Å². The summed E-state index contributed by atoms with van der Waals surface area (Å²) in [5.41, 5.74) is 0.373. The SMILES string of the molecule is COC(=O)c1c(NC(=O)c2ccc(-c3ccc(Cl)c(C(F)(F)F)c3)o2)sc2c1CCCC2. The number of thiophene rings is 1. The molecule has 1 N–H and O–H groups in total. The van der Waals surface area contributed by atoms with Gasteiger partial charge in [0, 0.05) is 10.4 Å². The first kappa shape index (κ1) is 22.4. The maximum Gasteiger partial charge on any atom is 0.417 e. The van der Waals surface area contributed by atoms with Crippen molar-refractivity contribution < 1.29 is 31.9 Å². The Morgan fingerprint density at radius 3 is 2.62 bits per heavy atom. The average molecular weight is 484 g/mol. The molecule has 0 saturated heterocycles. The fourth-order valence-electron chi connectivity index (χ4n) is 3.65. The van der Waals surface area contributed by atoms with E-state index in [0.29, 0.717) is 10.6 Å². The maximum atomic E-state index is 13.1. The van der Waals surface area contributed by atoms with Crippen LogP contribution in [0.5, 0.6) is 0 Å². The maximum absolute atomic E-state index is 13.1. The van der Waals surface area contributed by atoms with Crippen molar-refractivity contribution in [3.63, 3.8) is 0 Å². The Balaban J connectivity index is 1.61. The van der Waals surface area contributed by atoms with Gasteiger partial charge < -0.3 is 14.5 Å². The van der Waals surface area contributed by atoms with E-state index in [1.165, 1.54) is 36.6 Å². The van der Waals surface area contributed by atoms with Crippen LogP contribution in [0, 0.1) is 0 Å². The quantitative estimate of drug-likeness (QED) is 0.424. The molecule has 1 amide bonds. The van der Waals surface area contributed by atoms with Gasteiger partial charge in [-0.15, -0.1) is 11.3 Å². The van der Waals surface area contributed by atoms with Crippen LogP contribution in [0.4, 0.5) is 18.2 Å². The molecule has 3 aromatic rings. The zero-order valence-corrected chi connectivity index (χ0v) is 18.3. The fraction of sp³-hybridized carbons (Fsp3) is 0.273. The van der Waals surface area contributed by atoms with Gasteiger partial charge in [0.25, 0.3) is 5.91 Å². The molecule has 2 aromatic heterocycles. The molecular weight excluding hydrogens is 467 g/mol. The second-order valence-corrected chi connectivity index (χ2v) is 8.73. The normalized spacial score (nSPS) is 13.5. The van der Waals surface area contributed by atoms with E-state index in [1.807, 2.05) is 0 Å². The monoisotopic (exact) mass is 483 g/mol. The number of nitrogens with one attached hydrogen (secondary N) is 1. The Bertz CT molecular complexity index is 1200. The lowest BCUT2D eigenvalue weighted by atomic mass is 9.95. The summed E-state index contributed by atoms with van der Waals surface area (Å²) in [6, 6.07) is 6.13. The highest BCUT2D eigenvalue weighted by Crippen LogP contribution is 2.40. The Morgan fingerprint density at radius 1 is 1.16 bits per heavy atom. The molecule has 0 saturated carbocycles. The van der Waals surface area contributed by atoms with Crippen LogP contribution in [0.25, 0.3) is 11.3 Å². The summed E-state index contributed by atoms with van der Waals surface area (Å²) in [5.74, 6) is -1.17. The number of alkyl halides is 3. The number of ether oxygens (including phenoxy) is 1. The third-order valence-electron chi connectivity index (χ3n) is 5.17. The van der Waals surface area contributed by atoms with Crippen molar-refractivity contribution in [3.05, 3.63) is 62.7 Å². The highest BCUT2D eigenvalue weighted by Gasteiger charge is 2.34. The lowest BCUT2D eigenvalue weighted by molar-refractivity contribution is -0.137. The van der Waals surface area contributed by atoms with Crippen molar-refractivity contribution in [2.45, 2.75) is 31.9 Å². The van der Waals surface area contributed by atoms with Gasteiger partial charge in [0.1, 0.15) is 10.8 Å². The van der Waals surface area contributed by atoms with Crippen molar-refractivity contribution in [2.75, 3.05) is 12.4 Å². The van der Waals surface area contributed by atoms with Crippen LogP contribution in [0.2, 0.25) is 5.02 Å². The Morgan fingerprint density at radius 2 is 1.91 bits per heavy atom. The van der Waals surface area contributed by atoms with Crippen molar-refractivity contribution in [1.29, 1.82) is 0 Å². The summed E-state index contributed by atoms with van der Waals surface area (Å²) < 4.78 is 49.8. The van der Waals surface area contributed by atoms with Gasteiger partial charge in [-0.25, -0.2) is 4.79 Å². The van der Waals surface area contributed by atoms with E-state index in [2.05, 4.69) is 5.32 Å². The second-order valence-electron chi connectivity index (χ2n) is 7.22. The van der Waals surface area contributed by atoms with Gasteiger partial charge in [-0.05, 0) is 61.6 Å². The van der Waals surface area contributed by atoms with Crippen molar-refractivity contribution in [1.82, 2.24) is 0 Å². The summed E-state index contributed by atoms with van der Waals surface area (Å²) in [5, 5.41) is 2.64. The number of carbonyl (C=O) groups is 2. The van der Waals surface area contributed by atoms with E-state index in [1.54, 1.807) is 0 Å². The van der Waals surface area contributed by atoms with Crippen LogP contribution in [0.3, 0.4) is 0 Å². The number of anilines is 1. The lowest BCUT2D eigenvalue weighted by Gasteiger charge is -2.11. The first-order chi connectivity index (χ1) is 15.2. The molecule has 0 aliphatic heterocycles. The molecule has 5 nitrogen and oxygen atoms in total. The molecule has 168 valence electrons. The molecule has 4 rings (SSSR count). The van der Waals surface area contributed by atoms with Crippen molar-refractivity contribution in [2.24, 2.45) is 0 Å². The lowest BCUT2D eigenvalue weighted by Crippen LogP contribution is -2.14. The topological polar surface area (TPSA) is 68.5 Å². The minimum atomic E-state index is -4.62. The first-order valence-corrected chi connectivity index (χ1v) is 10.9. The van der Waals surface area contributed by atoms with E-state index in [9.17, 15) is 22.8 Å². The number of benzene rings is 1. The van der Waals surface area contributed by atoms with E-state index < -0.39 is 28.6 Å². The van der Waals surface area contributed by atoms with Gasteiger partial charge in [-0.2, -0.15) is 13.2 Å². The molecule has 0 unspecified atom stereocenters. The number of halogens is 4. The van der Waals surface area contributed by atoms with Crippen LogP contribution in [0.15, 0.2) is 34.7 Å².